The van der Waals surface area contributed by atoms with Gasteiger partial charge in [-0.2, -0.15) is 0 Å². The lowest BCUT2D eigenvalue weighted by atomic mass is 9.78. The maximum absolute atomic E-state index is 10.3. The third-order valence-corrected chi connectivity index (χ3v) is 3.50. The van der Waals surface area contributed by atoms with Crippen LogP contribution in [0.15, 0.2) is 18.4 Å². The number of hydrogen-bond acceptors (Lipinski definition) is 2. The predicted molar refractivity (Wildman–Crippen MR) is 68.1 cm³/mol. The van der Waals surface area contributed by atoms with Gasteiger partial charge in [0.25, 0.3) is 0 Å². The van der Waals surface area contributed by atoms with Gasteiger partial charge in [0.2, 0.25) is 0 Å². The molecule has 0 aliphatic rings. The molecule has 0 aliphatic carbocycles. The molecular weight excluding hydrogens is 200 g/mol. The Hall–Kier alpha value is -0.560. The van der Waals surface area contributed by atoms with E-state index in [4.69, 9.17) is 0 Å². The fraction of sp³-hybridized carbons (Fsp3) is 0.786. The van der Waals surface area contributed by atoms with Crippen LogP contribution in [0.1, 0.15) is 40.5 Å². The topological polar surface area (TPSA) is 40.5 Å². The van der Waals surface area contributed by atoms with Crippen molar-refractivity contribution < 1.29 is 10.2 Å². The van der Waals surface area contributed by atoms with Crippen molar-refractivity contribution in [1.82, 2.24) is 0 Å². The Balaban J connectivity index is 4.73. The zero-order valence-corrected chi connectivity index (χ0v) is 11.0. The molecule has 0 rings (SSSR count). The first-order valence-electron chi connectivity index (χ1n) is 6.21. The quantitative estimate of drug-likeness (QED) is 0.655. The smallest absolute Gasteiger partial charge is 0.0626 e. The fourth-order valence-corrected chi connectivity index (χ4v) is 2.42. The first kappa shape index (κ1) is 15.4. The van der Waals surface area contributed by atoms with Crippen LogP contribution in [0.5, 0.6) is 0 Å². The van der Waals surface area contributed by atoms with Crippen molar-refractivity contribution in [2.75, 3.05) is 0 Å². The maximum Gasteiger partial charge on any atom is 0.0626 e. The standard InChI is InChI=1S/C14H26O2/c1-6-9-10(4)12(7-2)14(16)13(8-3)11(5)15/h9-16H,1,7-8H2,2-5H3. The van der Waals surface area contributed by atoms with Gasteiger partial charge in [-0.05, 0) is 31.3 Å². The molecule has 2 heteroatoms. The molecule has 0 aromatic rings. The zero-order chi connectivity index (χ0) is 12.7. The lowest BCUT2D eigenvalue weighted by molar-refractivity contribution is -0.0235. The van der Waals surface area contributed by atoms with Crippen molar-refractivity contribution in [3.05, 3.63) is 18.4 Å². The zero-order valence-electron chi connectivity index (χ0n) is 11.0. The van der Waals surface area contributed by atoms with Gasteiger partial charge >= 0.3 is 0 Å². The van der Waals surface area contributed by atoms with E-state index in [0.29, 0.717) is 0 Å². The summed E-state index contributed by atoms with van der Waals surface area (Å²) in [6.45, 7) is 11.4. The van der Waals surface area contributed by atoms with E-state index < -0.39 is 12.2 Å². The molecule has 0 spiro atoms. The van der Waals surface area contributed by atoms with Crippen molar-refractivity contribution >= 4 is 0 Å². The summed E-state index contributed by atoms with van der Waals surface area (Å²) in [4.78, 5) is 0. The maximum atomic E-state index is 10.3. The van der Waals surface area contributed by atoms with Crippen LogP contribution in [0, 0.1) is 17.8 Å². The van der Waals surface area contributed by atoms with E-state index in [1.165, 1.54) is 0 Å². The van der Waals surface area contributed by atoms with Crippen LogP contribution in [0.25, 0.3) is 0 Å². The van der Waals surface area contributed by atoms with Crippen LogP contribution in [0.2, 0.25) is 0 Å². The third kappa shape index (κ3) is 4.13. The molecule has 16 heavy (non-hydrogen) atoms. The first-order valence-corrected chi connectivity index (χ1v) is 6.21. The van der Waals surface area contributed by atoms with Gasteiger partial charge in [0.1, 0.15) is 0 Å². The summed E-state index contributed by atoms with van der Waals surface area (Å²) in [6.07, 6.45) is 2.65. The van der Waals surface area contributed by atoms with Crippen molar-refractivity contribution in [2.45, 2.75) is 52.7 Å². The van der Waals surface area contributed by atoms with Crippen LogP contribution in [-0.2, 0) is 0 Å². The molecule has 0 saturated carbocycles. The van der Waals surface area contributed by atoms with E-state index in [0.717, 1.165) is 12.8 Å². The van der Waals surface area contributed by atoms with E-state index in [-0.39, 0.29) is 17.8 Å². The Labute approximate surface area is 99.7 Å². The lowest BCUT2D eigenvalue weighted by Gasteiger charge is -2.32. The molecule has 5 atom stereocenters. The van der Waals surface area contributed by atoms with E-state index >= 15 is 0 Å². The first-order chi connectivity index (χ1) is 7.49. The molecule has 94 valence electrons. The Kier molecular flexibility index (Phi) is 7.40. The van der Waals surface area contributed by atoms with Gasteiger partial charge in [0, 0.05) is 5.92 Å². The lowest BCUT2D eigenvalue weighted by Crippen LogP contribution is -2.37. The minimum Gasteiger partial charge on any atom is -0.393 e. The minimum absolute atomic E-state index is 0.0504. The molecule has 0 aromatic heterocycles. The summed E-state index contributed by atoms with van der Waals surface area (Å²) in [5.74, 6) is 0.352. The Morgan fingerprint density at radius 1 is 1.12 bits per heavy atom. The van der Waals surface area contributed by atoms with E-state index in [1.807, 2.05) is 13.0 Å². The van der Waals surface area contributed by atoms with E-state index in [9.17, 15) is 10.2 Å². The van der Waals surface area contributed by atoms with Crippen molar-refractivity contribution in [1.29, 1.82) is 0 Å². The molecule has 0 bridgehead atoms. The van der Waals surface area contributed by atoms with E-state index in [2.05, 4.69) is 26.2 Å². The van der Waals surface area contributed by atoms with Crippen molar-refractivity contribution in [2.24, 2.45) is 17.8 Å². The SMILES string of the molecule is C=C=CC(C)C(CC)C(O)C(CC)C(C)O. The monoisotopic (exact) mass is 226 g/mol. The molecule has 0 heterocycles. The van der Waals surface area contributed by atoms with Gasteiger partial charge in [-0.3, -0.25) is 0 Å². The Bertz CT molecular complexity index is 229. The highest BCUT2D eigenvalue weighted by molar-refractivity contribution is 4.90. The minimum atomic E-state index is -0.464. The largest absolute Gasteiger partial charge is 0.393 e. The average molecular weight is 226 g/mol. The number of rotatable bonds is 7. The van der Waals surface area contributed by atoms with Gasteiger partial charge in [0.15, 0.2) is 0 Å². The van der Waals surface area contributed by atoms with Crippen molar-refractivity contribution in [3.63, 3.8) is 0 Å². The molecule has 0 saturated heterocycles. The van der Waals surface area contributed by atoms with Gasteiger partial charge in [-0.1, -0.05) is 33.8 Å². The molecule has 0 fully saturated rings. The fourth-order valence-electron chi connectivity index (χ4n) is 2.42. The van der Waals surface area contributed by atoms with Gasteiger partial charge in [-0.25, -0.2) is 0 Å². The highest BCUT2D eigenvalue weighted by Crippen LogP contribution is 2.28. The second-order valence-corrected chi connectivity index (χ2v) is 4.61. The summed E-state index contributed by atoms with van der Waals surface area (Å²) < 4.78 is 0. The number of hydrogen-bond donors (Lipinski definition) is 2. The third-order valence-electron chi connectivity index (χ3n) is 3.50. The van der Waals surface area contributed by atoms with Crippen LogP contribution in [0.4, 0.5) is 0 Å². The second kappa shape index (κ2) is 7.67. The molecule has 5 unspecified atom stereocenters. The number of aliphatic hydroxyl groups excluding tert-OH is 2. The van der Waals surface area contributed by atoms with Crippen LogP contribution in [-0.4, -0.2) is 22.4 Å². The molecule has 2 N–H and O–H groups in total. The molecular formula is C14H26O2. The molecule has 0 amide bonds. The second-order valence-electron chi connectivity index (χ2n) is 4.61. The average Bonchev–Trinajstić information content (AvgIpc) is 2.19. The Morgan fingerprint density at radius 3 is 1.94 bits per heavy atom. The number of allylic oxidation sites excluding steroid dienone is 1. The summed E-state index contributed by atoms with van der Waals surface area (Å²) in [5.41, 5.74) is 2.77. The highest BCUT2D eigenvalue weighted by Gasteiger charge is 2.30. The van der Waals surface area contributed by atoms with Crippen LogP contribution in [0.3, 0.4) is 0 Å². The van der Waals surface area contributed by atoms with E-state index in [1.54, 1.807) is 6.92 Å². The predicted octanol–water partition coefficient (Wildman–Crippen LogP) is 2.76. The Morgan fingerprint density at radius 2 is 1.62 bits per heavy atom. The summed E-state index contributed by atoms with van der Waals surface area (Å²) >= 11 is 0. The molecule has 2 nitrogen and oxygen atoms in total. The van der Waals surface area contributed by atoms with Gasteiger partial charge in [0.05, 0.1) is 12.2 Å². The molecule has 0 radical (unpaired) electrons. The van der Waals surface area contributed by atoms with Crippen molar-refractivity contribution in [3.8, 4) is 0 Å². The molecule has 0 aromatic carbocycles. The summed E-state index contributed by atoms with van der Waals surface area (Å²) in [6, 6.07) is 0. The summed E-state index contributed by atoms with van der Waals surface area (Å²) in [7, 11) is 0. The molecule has 0 aliphatic heterocycles. The highest BCUT2D eigenvalue weighted by atomic mass is 16.3. The van der Waals surface area contributed by atoms with Crippen LogP contribution < -0.4 is 0 Å². The normalized spacial score (nSPS) is 20.4. The van der Waals surface area contributed by atoms with Crippen LogP contribution >= 0.6 is 0 Å². The van der Waals surface area contributed by atoms with Gasteiger partial charge in [-0.15, -0.1) is 5.73 Å². The summed E-state index contributed by atoms with van der Waals surface area (Å²) in [5, 5.41) is 19.9. The number of aliphatic hydroxyl groups is 2. The van der Waals surface area contributed by atoms with Gasteiger partial charge < -0.3 is 10.2 Å².